The first kappa shape index (κ1) is 51.1. The summed E-state index contributed by atoms with van der Waals surface area (Å²) >= 11 is 0. The summed E-state index contributed by atoms with van der Waals surface area (Å²) < 4.78 is 69.7. The Balaban J connectivity index is 0.000000739. The minimum Gasteiger partial charge on any atom is -0.744 e. The number of hydrogen-bond acceptors (Lipinski definition) is 6. The summed E-state index contributed by atoms with van der Waals surface area (Å²) in [7, 11) is -8.89. The van der Waals surface area contributed by atoms with E-state index in [9.17, 15) is 25.9 Å². The van der Waals surface area contributed by atoms with Crippen molar-refractivity contribution in [2.24, 2.45) is 0 Å². The molecule has 0 amide bonds. The molecule has 0 saturated carbocycles. The van der Waals surface area contributed by atoms with Gasteiger partial charge in [-0.1, -0.05) is 148 Å². The zero-order valence-electron chi connectivity index (χ0n) is 35.1. The van der Waals surface area contributed by atoms with Crippen molar-refractivity contribution in [1.82, 2.24) is 0 Å². The van der Waals surface area contributed by atoms with Gasteiger partial charge in [-0.25, -0.2) is 40.1 Å². The molecule has 2 aromatic carbocycles. The molecule has 9 heteroatoms. The molecule has 0 atom stereocenters. The smallest absolute Gasteiger partial charge is 0.744 e. The van der Waals surface area contributed by atoms with E-state index < -0.39 is 20.2 Å². The molecule has 0 radical (unpaired) electrons. The molecular formula is C44H64O6S2Zr. The van der Waals surface area contributed by atoms with Crippen LogP contribution in [0.1, 0.15) is 193 Å². The second-order valence-electron chi connectivity index (χ2n) is 15.9. The molecule has 0 heterocycles. The number of rotatable bonds is 8. The van der Waals surface area contributed by atoms with E-state index in [1.807, 2.05) is 79.7 Å². The SMILES string of the molecule is CC(C)c1cc(C(C)C)c(S(=O)(=O)[O-])c(C(C)C)c1.CC(C)c1cc(C(C)C)c(S(=O)(=O)[O-])c(C(C)C)c1.CC1=[C-]C(C)=CC1.CC1=[C-]C(C)=CC1.[Zr+4]. The standard InChI is InChI=1S/2C15H24O3S.2C7H9.Zr/c2*1-9(2)12-7-13(10(3)4)15(19(16,17)18)14(8-12)11(5)6;2*1-6-3-4-7(2)5-6;/h2*7-11H,1-6H3,(H,16,17,18);2*3H,4H2,1-2H3;/q;;2*-1;+4/p-2. The summed E-state index contributed by atoms with van der Waals surface area (Å²) in [6, 6.07) is 7.47. The Kier molecular flexibility index (Phi) is 21.2. The van der Waals surface area contributed by atoms with E-state index in [1.165, 1.54) is 22.3 Å². The Bertz CT molecular complexity index is 1680. The predicted molar refractivity (Wildman–Crippen MR) is 215 cm³/mol. The van der Waals surface area contributed by atoms with E-state index in [0.29, 0.717) is 34.1 Å². The van der Waals surface area contributed by atoms with E-state index in [-0.39, 0.29) is 59.7 Å². The Hall–Kier alpha value is -1.90. The van der Waals surface area contributed by atoms with Gasteiger partial charge >= 0.3 is 26.2 Å². The molecule has 2 aliphatic carbocycles. The van der Waals surface area contributed by atoms with Gasteiger partial charge in [0.25, 0.3) is 0 Å². The third-order valence-corrected chi connectivity index (χ3v) is 10.9. The minimum atomic E-state index is -4.45. The molecular weight excluding hydrogens is 780 g/mol. The van der Waals surface area contributed by atoms with Gasteiger partial charge in [0, 0.05) is 0 Å². The van der Waals surface area contributed by atoms with Crippen LogP contribution in [0.5, 0.6) is 0 Å². The first-order valence-corrected chi connectivity index (χ1v) is 21.3. The van der Waals surface area contributed by atoms with Crippen LogP contribution in [0, 0.1) is 12.2 Å². The van der Waals surface area contributed by atoms with Crippen LogP contribution in [0.4, 0.5) is 0 Å². The van der Waals surface area contributed by atoms with E-state index >= 15 is 0 Å². The molecule has 0 fully saturated rings. The molecule has 0 bridgehead atoms. The molecule has 2 aliphatic rings. The van der Waals surface area contributed by atoms with Crippen molar-refractivity contribution in [2.45, 2.75) is 169 Å². The molecule has 4 rings (SSSR count). The molecule has 2 aromatic rings. The number of benzene rings is 2. The summed E-state index contributed by atoms with van der Waals surface area (Å²) in [5.41, 5.74) is 10.0. The van der Waals surface area contributed by atoms with Gasteiger partial charge in [-0.2, -0.15) is 11.1 Å². The van der Waals surface area contributed by atoms with Crippen LogP contribution < -0.4 is 0 Å². The van der Waals surface area contributed by atoms with E-state index in [1.54, 1.807) is 0 Å². The van der Waals surface area contributed by atoms with Gasteiger partial charge in [0.05, 0.1) is 9.79 Å². The first-order chi connectivity index (χ1) is 23.7. The Morgan fingerprint density at radius 3 is 0.792 bits per heavy atom. The van der Waals surface area contributed by atoms with Gasteiger partial charge in [0.15, 0.2) is 0 Å². The second kappa shape index (κ2) is 22.0. The topological polar surface area (TPSA) is 114 Å². The zero-order chi connectivity index (χ0) is 40.5. The molecule has 0 N–H and O–H groups in total. The predicted octanol–water partition coefficient (Wildman–Crippen LogP) is 12.1. The van der Waals surface area contributed by atoms with Crippen LogP contribution in [0.3, 0.4) is 0 Å². The van der Waals surface area contributed by atoms with Gasteiger partial charge in [0.2, 0.25) is 0 Å². The van der Waals surface area contributed by atoms with Crippen LogP contribution in [0.25, 0.3) is 0 Å². The Morgan fingerprint density at radius 2 is 0.698 bits per heavy atom. The van der Waals surface area contributed by atoms with Crippen LogP contribution in [-0.4, -0.2) is 25.9 Å². The second-order valence-corrected chi connectivity index (χ2v) is 18.5. The van der Waals surface area contributed by atoms with Gasteiger partial charge in [0.1, 0.15) is 20.2 Å². The molecule has 0 saturated heterocycles. The fraction of sp³-hybridized carbons (Fsp3) is 0.545. The summed E-state index contributed by atoms with van der Waals surface area (Å²) in [6.07, 6.45) is 13.0. The normalized spacial score (nSPS) is 14.2. The maximum Gasteiger partial charge on any atom is 4.00 e. The average Bonchev–Trinajstić information content (AvgIpc) is 3.59. The maximum atomic E-state index is 11.6. The largest absolute Gasteiger partial charge is 4.00 e. The van der Waals surface area contributed by atoms with Gasteiger partial charge in [-0.15, -0.1) is 0 Å². The van der Waals surface area contributed by atoms with Crippen molar-refractivity contribution in [2.75, 3.05) is 0 Å². The quantitative estimate of drug-likeness (QED) is 0.193. The fourth-order valence-corrected chi connectivity index (χ4v) is 8.18. The van der Waals surface area contributed by atoms with Crippen molar-refractivity contribution in [3.63, 3.8) is 0 Å². The van der Waals surface area contributed by atoms with Crippen molar-refractivity contribution in [3.8, 4) is 0 Å². The van der Waals surface area contributed by atoms with Crippen LogP contribution in [0.15, 0.2) is 68.5 Å². The molecule has 0 aliphatic heterocycles. The molecule has 6 nitrogen and oxygen atoms in total. The summed E-state index contributed by atoms with van der Waals surface area (Å²) in [5.74, 6) is 0.645. The first-order valence-electron chi connectivity index (χ1n) is 18.5. The monoisotopic (exact) mass is 842 g/mol. The molecule has 0 aromatic heterocycles. The molecule has 0 spiro atoms. The average molecular weight is 844 g/mol. The number of hydrogen-bond donors (Lipinski definition) is 0. The summed E-state index contributed by atoms with van der Waals surface area (Å²) in [5, 5.41) is 0. The Labute approximate surface area is 343 Å². The summed E-state index contributed by atoms with van der Waals surface area (Å²) in [4.78, 5) is -0.0243. The third-order valence-electron chi connectivity index (χ3n) is 8.91. The van der Waals surface area contributed by atoms with Crippen molar-refractivity contribution in [1.29, 1.82) is 0 Å². The van der Waals surface area contributed by atoms with E-state index in [4.69, 9.17) is 0 Å². The third kappa shape index (κ3) is 16.4. The zero-order valence-corrected chi connectivity index (χ0v) is 39.2. The van der Waals surface area contributed by atoms with E-state index in [2.05, 4.69) is 79.7 Å². The fourth-order valence-electron chi connectivity index (χ4n) is 5.85. The molecule has 53 heavy (non-hydrogen) atoms. The molecule has 292 valence electrons. The van der Waals surface area contributed by atoms with Gasteiger partial charge in [-0.3, -0.25) is 12.2 Å². The van der Waals surface area contributed by atoms with E-state index in [0.717, 1.165) is 24.0 Å². The maximum absolute atomic E-state index is 11.6. The van der Waals surface area contributed by atoms with Crippen LogP contribution in [-0.2, 0) is 46.4 Å². The summed E-state index contributed by atoms with van der Waals surface area (Å²) in [6.45, 7) is 31.9. The van der Waals surface area contributed by atoms with Crippen molar-refractivity contribution in [3.05, 3.63) is 104 Å². The van der Waals surface area contributed by atoms with Crippen molar-refractivity contribution < 1.29 is 52.1 Å². The molecule has 0 unspecified atom stereocenters. The van der Waals surface area contributed by atoms with Gasteiger partial charge < -0.3 is 9.11 Å². The van der Waals surface area contributed by atoms with Crippen LogP contribution >= 0.6 is 0 Å². The minimum absolute atomic E-state index is 0. The Morgan fingerprint density at radius 1 is 0.472 bits per heavy atom. The van der Waals surface area contributed by atoms with Gasteiger partial charge in [-0.05, 0) is 68.9 Å². The number of allylic oxidation sites excluding steroid dienone is 8. The van der Waals surface area contributed by atoms with Crippen molar-refractivity contribution >= 4 is 20.2 Å². The van der Waals surface area contributed by atoms with Crippen LogP contribution in [0.2, 0.25) is 0 Å².